The van der Waals surface area contributed by atoms with Gasteiger partial charge in [-0.05, 0) is 49.2 Å². The minimum atomic E-state index is -0.0752. The summed E-state index contributed by atoms with van der Waals surface area (Å²) >= 11 is 7.69. The van der Waals surface area contributed by atoms with Crippen LogP contribution in [-0.4, -0.2) is 5.91 Å². The zero-order valence-electron chi connectivity index (χ0n) is 11.4. The third kappa shape index (κ3) is 3.64. The van der Waals surface area contributed by atoms with E-state index >= 15 is 0 Å². The molecule has 0 radical (unpaired) electrons. The second-order valence-electron chi connectivity index (χ2n) is 4.75. The van der Waals surface area contributed by atoms with Crippen LogP contribution in [0.2, 0.25) is 0 Å². The Morgan fingerprint density at radius 1 is 1.20 bits per heavy atom. The Morgan fingerprint density at radius 2 is 1.85 bits per heavy atom. The smallest absolute Gasteiger partial charge is 0.252 e. The number of thiol groups is 1. The van der Waals surface area contributed by atoms with Gasteiger partial charge in [-0.25, -0.2) is 0 Å². The number of amides is 1. The number of carbonyl (C=O) groups excluding carboxylic acids is 1. The van der Waals surface area contributed by atoms with Gasteiger partial charge < -0.3 is 5.32 Å². The standard InChI is InChI=1S/C16H16BrNOS/c1-10-3-8-14(20)9-15(10)16(19)18-11(2)12-4-6-13(17)7-5-12/h3-9,11,20H,1-2H3,(H,18,19). The van der Waals surface area contributed by atoms with Crippen molar-refractivity contribution in [1.82, 2.24) is 5.32 Å². The van der Waals surface area contributed by atoms with Crippen molar-refractivity contribution in [2.24, 2.45) is 0 Å². The molecule has 0 aromatic heterocycles. The first-order chi connectivity index (χ1) is 9.47. The van der Waals surface area contributed by atoms with Crippen LogP contribution in [0, 0.1) is 6.92 Å². The Kier molecular flexibility index (Phi) is 4.89. The summed E-state index contributed by atoms with van der Waals surface area (Å²) in [6, 6.07) is 13.5. The van der Waals surface area contributed by atoms with Crippen LogP contribution in [0.25, 0.3) is 0 Å². The third-order valence-electron chi connectivity index (χ3n) is 3.18. The fourth-order valence-electron chi connectivity index (χ4n) is 1.96. The molecule has 0 spiro atoms. The van der Waals surface area contributed by atoms with E-state index in [0.29, 0.717) is 5.56 Å². The van der Waals surface area contributed by atoms with E-state index in [9.17, 15) is 4.79 Å². The SMILES string of the molecule is Cc1ccc(S)cc1C(=O)NC(C)c1ccc(Br)cc1. The minimum Gasteiger partial charge on any atom is -0.346 e. The van der Waals surface area contributed by atoms with E-state index in [2.05, 4.69) is 33.9 Å². The molecule has 2 rings (SSSR count). The summed E-state index contributed by atoms with van der Waals surface area (Å²) < 4.78 is 1.03. The summed E-state index contributed by atoms with van der Waals surface area (Å²) in [4.78, 5) is 13.1. The van der Waals surface area contributed by atoms with Crippen LogP contribution >= 0.6 is 28.6 Å². The van der Waals surface area contributed by atoms with Gasteiger partial charge in [0.1, 0.15) is 0 Å². The fraction of sp³-hybridized carbons (Fsp3) is 0.188. The molecular weight excluding hydrogens is 334 g/mol. The molecule has 0 fully saturated rings. The second kappa shape index (κ2) is 6.46. The average Bonchev–Trinajstić information content (AvgIpc) is 2.42. The van der Waals surface area contributed by atoms with Gasteiger partial charge >= 0.3 is 0 Å². The molecule has 1 atom stereocenters. The van der Waals surface area contributed by atoms with Gasteiger partial charge in [0, 0.05) is 14.9 Å². The molecule has 1 unspecified atom stereocenters. The predicted octanol–water partition coefficient (Wildman–Crippen LogP) is 4.54. The van der Waals surface area contributed by atoms with Gasteiger partial charge in [-0.2, -0.15) is 0 Å². The highest BCUT2D eigenvalue weighted by Gasteiger charge is 2.13. The molecule has 0 saturated carbocycles. The van der Waals surface area contributed by atoms with Gasteiger partial charge in [0.25, 0.3) is 5.91 Å². The molecule has 0 bridgehead atoms. The van der Waals surface area contributed by atoms with Crippen LogP contribution in [0.1, 0.15) is 34.5 Å². The predicted molar refractivity (Wildman–Crippen MR) is 88.5 cm³/mol. The molecule has 2 aromatic carbocycles. The van der Waals surface area contributed by atoms with Crippen LogP contribution in [0.3, 0.4) is 0 Å². The Hall–Kier alpha value is -1.26. The van der Waals surface area contributed by atoms with E-state index in [4.69, 9.17) is 0 Å². The summed E-state index contributed by atoms with van der Waals surface area (Å²) in [5.74, 6) is -0.0752. The van der Waals surface area contributed by atoms with Crippen LogP contribution < -0.4 is 5.32 Å². The van der Waals surface area contributed by atoms with E-state index in [0.717, 1.165) is 20.5 Å². The molecule has 2 aromatic rings. The lowest BCUT2D eigenvalue weighted by molar-refractivity contribution is 0.0939. The number of hydrogen-bond donors (Lipinski definition) is 2. The number of hydrogen-bond acceptors (Lipinski definition) is 2. The lowest BCUT2D eigenvalue weighted by Gasteiger charge is -2.15. The first-order valence-corrected chi connectivity index (χ1v) is 7.57. The molecule has 2 nitrogen and oxygen atoms in total. The molecule has 20 heavy (non-hydrogen) atoms. The van der Waals surface area contributed by atoms with E-state index in [1.165, 1.54) is 0 Å². The molecule has 0 aliphatic carbocycles. The van der Waals surface area contributed by atoms with Crippen molar-refractivity contribution in [3.8, 4) is 0 Å². The number of halogens is 1. The summed E-state index contributed by atoms with van der Waals surface area (Å²) in [7, 11) is 0. The Labute approximate surface area is 133 Å². The molecule has 0 aliphatic heterocycles. The van der Waals surface area contributed by atoms with Crippen LogP contribution in [0.5, 0.6) is 0 Å². The highest BCUT2D eigenvalue weighted by molar-refractivity contribution is 9.10. The number of nitrogens with one attached hydrogen (secondary N) is 1. The zero-order chi connectivity index (χ0) is 14.7. The highest BCUT2D eigenvalue weighted by Crippen LogP contribution is 2.19. The Bertz CT molecular complexity index is 625. The summed E-state index contributed by atoms with van der Waals surface area (Å²) in [6.07, 6.45) is 0. The van der Waals surface area contributed by atoms with Crippen LogP contribution in [0.4, 0.5) is 0 Å². The molecule has 0 heterocycles. The van der Waals surface area contributed by atoms with Gasteiger partial charge in [0.05, 0.1) is 6.04 Å². The van der Waals surface area contributed by atoms with Gasteiger partial charge in [-0.15, -0.1) is 12.6 Å². The first kappa shape index (κ1) is 15.1. The Balaban J connectivity index is 2.15. The molecule has 4 heteroatoms. The summed E-state index contributed by atoms with van der Waals surface area (Å²) in [5.41, 5.74) is 2.69. The first-order valence-electron chi connectivity index (χ1n) is 6.33. The quantitative estimate of drug-likeness (QED) is 0.782. The van der Waals surface area contributed by atoms with Crippen molar-refractivity contribution in [1.29, 1.82) is 0 Å². The lowest BCUT2D eigenvalue weighted by Crippen LogP contribution is -2.27. The molecule has 104 valence electrons. The zero-order valence-corrected chi connectivity index (χ0v) is 13.8. The number of benzene rings is 2. The normalized spacial score (nSPS) is 12.0. The van der Waals surface area contributed by atoms with Crippen molar-refractivity contribution >= 4 is 34.5 Å². The van der Waals surface area contributed by atoms with Gasteiger partial charge in [-0.3, -0.25) is 4.79 Å². The van der Waals surface area contributed by atoms with E-state index in [1.54, 1.807) is 6.07 Å². The number of carbonyl (C=O) groups is 1. The summed E-state index contributed by atoms with van der Waals surface area (Å²) in [5, 5.41) is 3.01. The fourth-order valence-corrected chi connectivity index (χ4v) is 2.43. The van der Waals surface area contributed by atoms with Crippen molar-refractivity contribution in [3.63, 3.8) is 0 Å². The maximum Gasteiger partial charge on any atom is 0.252 e. The number of rotatable bonds is 3. The monoisotopic (exact) mass is 349 g/mol. The van der Waals surface area contributed by atoms with Gasteiger partial charge in [0.15, 0.2) is 0 Å². The van der Waals surface area contributed by atoms with Crippen molar-refractivity contribution in [2.45, 2.75) is 24.8 Å². The van der Waals surface area contributed by atoms with E-state index in [-0.39, 0.29) is 11.9 Å². The molecule has 0 aliphatic rings. The average molecular weight is 350 g/mol. The topological polar surface area (TPSA) is 29.1 Å². The maximum absolute atomic E-state index is 12.3. The molecular formula is C16H16BrNOS. The molecule has 0 saturated heterocycles. The lowest BCUT2D eigenvalue weighted by atomic mass is 10.1. The van der Waals surface area contributed by atoms with E-state index < -0.39 is 0 Å². The van der Waals surface area contributed by atoms with Crippen molar-refractivity contribution in [3.05, 3.63) is 63.6 Å². The third-order valence-corrected chi connectivity index (χ3v) is 3.99. The largest absolute Gasteiger partial charge is 0.346 e. The Morgan fingerprint density at radius 3 is 2.50 bits per heavy atom. The van der Waals surface area contributed by atoms with Gasteiger partial charge in [0.2, 0.25) is 0 Å². The maximum atomic E-state index is 12.3. The summed E-state index contributed by atoms with van der Waals surface area (Å²) in [6.45, 7) is 3.90. The van der Waals surface area contributed by atoms with Gasteiger partial charge in [-0.1, -0.05) is 34.1 Å². The number of aryl methyl sites for hydroxylation is 1. The van der Waals surface area contributed by atoms with Crippen molar-refractivity contribution in [2.75, 3.05) is 0 Å². The molecule has 1 N–H and O–H groups in total. The van der Waals surface area contributed by atoms with Crippen LogP contribution in [-0.2, 0) is 0 Å². The van der Waals surface area contributed by atoms with E-state index in [1.807, 2.05) is 50.2 Å². The van der Waals surface area contributed by atoms with Crippen LogP contribution in [0.15, 0.2) is 51.8 Å². The minimum absolute atomic E-state index is 0.0430. The molecule has 1 amide bonds. The highest BCUT2D eigenvalue weighted by atomic mass is 79.9. The van der Waals surface area contributed by atoms with Crippen molar-refractivity contribution < 1.29 is 4.79 Å². The second-order valence-corrected chi connectivity index (χ2v) is 6.18.